The van der Waals surface area contributed by atoms with Crippen molar-refractivity contribution in [1.82, 2.24) is 4.90 Å². The first-order valence-corrected chi connectivity index (χ1v) is 7.77. The maximum atomic E-state index is 9.49. The Labute approximate surface area is 128 Å². The van der Waals surface area contributed by atoms with Crippen molar-refractivity contribution in [1.29, 1.82) is 0 Å². The minimum absolute atomic E-state index is 0.158. The normalized spacial score (nSPS) is 18.8. The molecule has 4 nitrogen and oxygen atoms in total. The van der Waals surface area contributed by atoms with Gasteiger partial charge in [-0.05, 0) is 23.1 Å². The number of rotatable bonds is 4. The lowest BCUT2D eigenvalue weighted by Crippen LogP contribution is -2.49. The topological polar surface area (TPSA) is 46.9 Å². The maximum absolute atomic E-state index is 9.49. The van der Waals surface area contributed by atoms with Gasteiger partial charge in [-0.15, -0.1) is 0 Å². The van der Waals surface area contributed by atoms with Crippen LogP contribution in [0.2, 0.25) is 0 Å². The first kappa shape index (κ1) is 16.3. The van der Waals surface area contributed by atoms with Crippen molar-refractivity contribution >= 4 is 5.69 Å². The largest absolute Gasteiger partial charge is 0.394 e. The quantitative estimate of drug-likeness (QED) is 0.882. The summed E-state index contributed by atoms with van der Waals surface area (Å²) in [5, 5.41) is 18.4. The summed E-state index contributed by atoms with van der Waals surface area (Å²) in [7, 11) is 0. The van der Waals surface area contributed by atoms with Gasteiger partial charge in [0.1, 0.15) is 0 Å². The standard InChI is InChI=1S/C17H28N2O2/c1-17(2,3)14-4-6-15(7-5-14)19-10-8-18(9-11-19)12-16(21)13-20/h4-7,16,20-21H,8-13H2,1-3H3. The number of benzene rings is 1. The number of nitrogens with zero attached hydrogens (tertiary/aromatic N) is 2. The van der Waals surface area contributed by atoms with Gasteiger partial charge in [-0.25, -0.2) is 0 Å². The van der Waals surface area contributed by atoms with E-state index in [-0.39, 0.29) is 12.0 Å². The van der Waals surface area contributed by atoms with Crippen LogP contribution in [0.15, 0.2) is 24.3 Å². The minimum Gasteiger partial charge on any atom is -0.394 e. The molecule has 21 heavy (non-hydrogen) atoms. The highest BCUT2D eigenvalue weighted by atomic mass is 16.3. The van der Waals surface area contributed by atoms with Crippen molar-refractivity contribution < 1.29 is 10.2 Å². The Balaban J connectivity index is 1.90. The molecule has 0 saturated carbocycles. The molecule has 0 radical (unpaired) electrons. The predicted molar refractivity (Wildman–Crippen MR) is 86.9 cm³/mol. The molecule has 0 aliphatic carbocycles. The molecule has 1 heterocycles. The molecule has 1 aliphatic heterocycles. The van der Waals surface area contributed by atoms with Gasteiger partial charge in [-0.2, -0.15) is 0 Å². The molecule has 1 aromatic rings. The number of β-amino-alcohol motifs (C(OH)–C–C–N with tert-alkyl or cyclic N) is 1. The molecule has 118 valence electrons. The van der Waals surface area contributed by atoms with Gasteiger partial charge in [0.05, 0.1) is 12.7 Å². The number of piperazine rings is 1. The molecular weight excluding hydrogens is 264 g/mol. The fourth-order valence-corrected chi connectivity index (χ4v) is 2.72. The van der Waals surface area contributed by atoms with Crippen molar-refractivity contribution in [2.45, 2.75) is 32.3 Å². The highest BCUT2D eigenvalue weighted by Crippen LogP contribution is 2.25. The zero-order chi connectivity index (χ0) is 15.5. The number of hydrogen-bond donors (Lipinski definition) is 2. The van der Waals surface area contributed by atoms with Crippen molar-refractivity contribution in [2.75, 3.05) is 44.2 Å². The molecular formula is C17H28N2O2. The van der Waals surface area contributed by atoms with Gasteiger partial charge in [0.15, 0.2) is 0 Å². The van der Waals surface area contributed by atoms with Gasteiger partial charge in [0, 0.05) is 38.4 Å². The van der Waals surface area contributed by atoms with Crippen LogP contribution in [0.25, 0.3) is 0 Å². The van der Waals surface area contributed by atoms with E-state index in [1.54, 1.807) is 0 Å². The van der Waals surface area contributed by atoms with Gasteiger partial charge in [-0.3, -0.25) is 4.90 Å². The Bertz CT molecular complexity index is 431. The van der Waals surface area contributed by atoms with E-state index < -0.39 is 6.10 Å². The van der Waals surface area contributed by atoms with E-state index >= 15 is 0 Å². The molecule has 4 heteroatoms. The van der Waals surface area contributed by atoms with E-state index in [2.05, 4.69) is 54.8 Å². The number of anilines is 1. The van der Waals surface area contributed by atoms with Gasteiger partial charge >= 0.3 is 0 Å². The number of hydrogen-bond acceptors (Lipinski definition) is 4. The average Bonchev–Trinajstić information content (AvgIpc) is 2.47. The highest BCUT2D eigenvalue weighted by molar-refractivity contribution is 5.49. The Kier molecular flexibility index (Phi) is 5.25. The lowest BCUT2D eigenvalue weighted by molar-refractivity contribution is 0.0575. The molecule has 2 rings (SSSR count). The van der Waals surface area contributed by atoms with Crippen LogP contribution in [0.1, 0.15) is 26.3 Å². The molecule has 1 atom stereocenters. The van der Waals surface area contributed by atoms with Crippen molar-refractivity contribution in [3.05, 3.63) is 29.8 Å². The van der Waals surface area contributed by atoms with Gasteiger partial charge in [0.2, 0.25) is 0 Å². The molecule has 0 aromatic heterocycles. The van der Waals surface area contributed by atoms with E-state index in [1.165, 1.54) is 11.3 Å². The fourth-order valence-electron chi connectivity index (χ4n) is 2.72. The SMILES string of the molecule is CC(C)(C)c1ccc(N2CCN(CC(O)CO)CC2)cc1. The summed E-state index contributed by atoms with van der Waals surface area (Å²) in [4.78, 5) is 4.59. The van der Waals surface area contributed by atoms with Crippen LogP contribution in [0.5, 0.6) is 0 Å². The monoisotopic (exact) mass is 292 g/mol. The van der Waals surface area contributed by atoms with Gasteiger partial charge < -0.3 is 15.1 Å². The van der Waals surface area contributed by atoms with E-state index in [9.17, 15) is 5.11 Å². The summed E-state index contributed by atoms with van der Waals surface area (Å²) in [5.74, 6) is 0. The van der Waals surface area contributed by atoms with Gasteiger partial charge in [0.25, 0.3) is 0 Å². The Morgan fingerprint density at radius 3 is 2.10 bits per heavy atom. The first-order valence-electron chi connectivity index (χ1n) is 7.77. The first-order chi connectivity index (χ1) is 9.90. The van der Waals surface area contributed by atoms with Crippen LogP contribution in [0.3, 0.4) is 0 Å². The van der Waals surface area contributed by atoms with Crippen LogP contribution in [0.4, 0.5) is 5.69 Å². The van der Waals surface area contributed by atoms with E-state index in [1.807, 2.05) is 0 Å². The lowest BCUT2D eigenvalue weighted by atomic mass is 9.87. The maximum Gasteiger partial charge on any atom is 0.0897 e. The molecule has 0 spiro atoms. The molecule has 1 saturated heterocycles. The average molecular weight is 292 g/mol. The smallest absolute Gasteiger partial charge is 0.0897 e. The summed E-state index contributed by atoms with van der Waals surface area (Å²) in [6, 6.07) is 8.85. The third-order valence-electron chi connectivity index (χ3n) is 4.15. The summed E-state index contributed by atoms with van der Waals surface area (Å²) in [6.07, 6.45) is -0.623. The summed E-state index contributed by atoms with van der Waals surface area (Å²) in [5.41, 5.74) is 2.82. The number of aliphatic hydroxyl groups excluding tert-OH is 2. The van der Waals surface area contributed by atoms with E-state index in [0.717, 1.165) is 26.2 Å². The summed E-state index contributed by atoms with van der Waals surface area (Å²) < 4.78 is 0. The van der Waals surface area contributed by atoms with Crippen molar-refractivity contribution in [3.63, 3.8) is 0 Å². The van der Waals surface area contributed by atoms with Crippen LogP contribution in [0, 0.1) is 0 Å². The fraction of sp³-hybridized carbons (Fsp3) is 0.647. The molecule has 1 fully saturated rings. The molecule has 1 aromatic carbocycles. The van der Waals surface area contributed by atoms with E-state index in [0.29, 0.717) is 6.54 Å². The highest BCUT2D eigenvalue weighted by Gasteiger charge is 2.20. The van der Waals surface area contributed by atoms with Crippen molar-refractivity contribution in [2.24, 2.45) is 0 Å². The van der Waals surface area contributed by atoms with Crippen molar-refractivity contribution in [3.8, 4) is 0 Å². The Morgan fingerprint density at radius 1 is 1.05 bits per heavy atom. The second-order valence-corrected chi connectivity index (χ2v) is 6.92. The second-order valence-electron chi connectivity index (χ2n) is 6.92. The lowest BCUT2D eigenvalue weighted by Gasteiger charge is -2.37. The molecule has 1 unspecified atom stereocenters. The minimum atomic E-state index is -0.623. The zero-order valence-electron chi connectivity index (χ0n) is 13.4. The Morgan fingerprint density at radius 2 is 1.62 bits per heavy atom. The summed E-state index contributed by atoms with van der Waals surface area (Å²) in [6.45, 7) is 10.9. The zero-order valence-corrected chi connectivity index (χ0v) is 13.4. The van der Waals surface area contributed by atoms with Crippen LogP contribution in [-0.4, -0.2) is 60.5 Å². The van der Waals surface area contributed by atoms with Crippen LogP contribution < -0.4 is 4.90 Å². The van der Waals surface area contributed by atoms with E-state index in [4.69, 9.17) is 5.11 Å². The second kappa shape index (κ2) is 6.77. The van der Waals surface area contributed by atoms with Crippen LogP contribution >= 0.6 is 0 Å². The summed E-state index contributed by atoms with van der Waals surface area (Å²) >= 11 is 0. The third kappa shape index (κ3) is 4.43. The molecule has 0 bridgehead atoms. The molecule has 1 aliphatic rings. The predicted octanol–water partition coefficient (Wildman–Crippen LogP) is 1.46. The number of aliphatic hydroxyl groups is 2. The van der Waals surface area contributed by atoms with Crippen LogP contribution in [-0.2, 0) is 5.41 Å². The molecule has 0 amide bonds. The third-order valence-corrected chi connectivity index (χ3v) is 4.15. The Hall–Kier alpha value is -1.10. The molecule has 2 N–H and O–H groups in total. The van der Waals surface area contributed by atoms with Gasteiger partial charge in [-0.1, -0.05) is 32.9 Å².